The van der Waals surface area contributed by atoms with Gasteiger partial charge in [0.25, 0.3) is 5.91 Å². The van der Waals surface area contributed by atoms with Crippen LogP contribution >= 0.6 is 11.3 Å². The molecule has 2 aromatic rings. The van der Waals surface area contributed by atoms with Crippen molar-refractivity contribution in [3.8, 4) is 5.75 Å². The zero-order valence-corrected chi connectivity index (χ0v) is 17.7. The van der Waals surface area contributed by atoms with E-state index in [9.17, 15) is 4.79 Å². The number of carbonyl (C=O) groups is 1. The molecule has 1 N–H and O–H groups in total. The van der Waals surface area contributed by atoms with Crippen molar-refractivity contribution in [2.24, 2.45) is 0 Å². The van der Waals surface area contributed by atoms with Gasteiger partial charge in [-0.15, -0.1) is 11.3 Å². The van der Waals surface area contributed by atoms with Crippen LogP contribution in [-0.4, -0.2) is 42.0 Å². The number of ether oxygens (including phenoxy) is 1. The summed E-state index contributed by atoms with van der Waals surface area (Å²) in [7, 11) is 0. The molecule has 0 saturated heterocycles. The second kappa shape index (κ2) is 11.0. The van der Waals surface area contributed by atoms with E-state index in [0.29, 0.717) is 18.0 Å². The number of thiazole rings is 1. The molecule has 0 fully saturated rings. The van der Waals surface area contributed by atoms with Crippen molar-refractivity contribution in [1.29, 1.82) is 0 Å². The first-order chi connectivity index (χ1) is 13.0. The van der Waals surface area contributed by atoms with Gasteiger partial charge in [0, 0.05) is 6.54 Å². The molecule has 0 unspecified atom stereocenters. The third-order valence-electron chi connectivity index (χ3n) is 4.51. The van der Waals surface area contributed by atoms with Gasteiger partial charge in [0.05, 0.1) is 5.69 Å². The molecular formula is C21H31N3O2S. The fraction of sp³-hybridized carbons (Fsp3) is 0.524. The molecule has 0 aliphatic heterocycles. The number of benzene rings is 1. The average Bonchev–Trinajstić information content (AvgIpc) is 3.05. The standard InChI is InChI=1S/C21H31N3O2S/c1-5-24(6-2)14-8-7-13-22-21(25)20-17(4)23-19(27-20)15-26-18-11-9-16(3)10-12-18/h9-12H,5-8,13-15H2,1-4H3,(H,22,25). The minimum Gasteiger partial charge on any atom is -0.486 e. The van der Waals surface area contributed by atoms with Crippen molar-refractivity contribution in [2.75, 3.05) is 26.2 Å². The number of hydrogen-bond donors (Lipinski definition) is 1. The van der Waals surface area contributed by atoms with Crippen LogP contribution in [0.1, 0.15) is 52.6 Å². The quantitative estimate of drug-likeness (QED) is 0.586. The second-order valence-corrected chi connectivity index (χ2v) is 7.70. The predicted octanol–water partition coefficient (Wildman–Crippen LogP) is 4.19. The lowest BCUT2D eigenvalue weighted by Crippen LogP contribution is -2.27. The highest BCUT2D eigenvalue weighted by Gasteiger charge is 2.15. The summed E-state index contributed by atoms with van der Waals surface area (Å²) in [5.41, 5.74) is 1.96. The molecule has 148 valence electrons. The van der Waals surface area contributed by atoms with E-state index in [1.54, 1.807) is 0 Å². The smallest absolute Gasteiger partial charge is 0.263 e. The number of nitrogens with one attached hydrogen (secondary N) is 1. The van der Waals surface area contributed by atoms with Gasteiger partial charge in [0.15, 0.2) is 0 Å². The van der Waals surface area contributed by atoms with E-state index in [2.05, 4.69) is 29.0 Å². The van der Waals surface area contributed by atoms with Crippen LogP contribution in [0.4, 0.5) is 0 Å². The van der Waals surface area contributed by atoms with E-state index in [1.807, 2.05) is 38.1 Å². The summed E-state index contributed by atoms with van der Waals surface area (Å²) in [5, 5.41) is 3.83. The van der Waals surface area contributed by atoms with Crippen molar-refractivity contribution >= 4 is 17.2 Å². The molecule has 0 aliphatic rings. The van der Waals surface area contributed by atoms with Gasteiger partial charge in [0.2, 0.25) is 0 Å². The summed E-state index contributed by atoms with van der Waals surface area (Å²) in [6.45, 7) is 12.6. The van der Waals surface area contributed by atoms with Gasteiger partial charge in [-0.05, 0) is 58.5 Å². The molecular weight excluding hydrogens is 358 g/mol. The first-order valence-electron chi connectivity index (χ1n) is 9.69. The van der Waals surface area contributed by atoms with Crippen LogP contribution in [0, 0.1) is 13.8 Å². The highest BCUT2D eigenvalue weighted by molar-refractivity contribution is 7.13. The Balaban J connectivity index is 1.77. The summed E-state index contributed by atoms with van der Waals surface area (Å²) in [6.07, 6.45) is 2.09. The maximum Gasteiger partial charge on any atom is 0.263 e. The Hall–Kier alpha value is -1.92. The van der Waals surface area contributed by atoms with E-state index in [0.717, 1.165) is 48.9 Å². The van der Waals surface area contributed by atoms with Crippen molar-refractivity contribution in [1.82, 2.24) is 15.2 Å². The Bertz CT molecular complexity index is 709. The lowest BCUT2D eigenvalue weighted by molar-refractivity contribution is 0.0956. The van der Waals surface area contributed by atoms with E-state index in [4.69, 9.17) is 4.74 Å². The molecule has 1 heterocycles. The van der Waals surface area contributed by atoms with Gasteiger partial charge < -0.3 is 15.0 Å². The molecule has 0 spiro atoms. The molecule has 5 nitrogen and oxygen atoms in total. The largest absolute Gasteiger partial charge is 0.486 e. The number of unbranched alkanes of at least 4 members (excludes halogenated alkanes) is 1. The molecule has 2 rings (SSSR count). The summed E-state index contributed by atoms with van der Waals surface area (Å²) >= 11 is 1.41. The molecule has 0 bridgehead atoms. The van der Waals surface area contributed by atoms with Crippen molar-refractivity contribution < 1.29 is 9.53 Å². The van der Waals surface area contributed by atoms with Crippen LogP contribution in [0.25, 0.3) is 0 Å². The normalized spacial score (nSPS) is 11.0. The Morgan fingerprint density at radius 1 is 1.15 bits per heavy atom. The van der Waals surface area contributed by atoms with Crippen LogP contribution in [0.5, 0.6) is 5.75 Å². The lowest BCUT2D eigenvalue weighted by Gasteiger charge is -2.17. The van der Waals surface area contributed by atoms with Gasteiger partial charge in [0.1, 0.15) is 22.2 Å². The zero-order chi connectivity index (χ0) is 19.6. The maximum atomic E-state index is 12.4. The fourth-order valence-electron chi connectivity index (χ4n) is 2.79. The van der Waals surface area contributed by atoms with Gasteiger partial charge in [-0.2, -0.15) is 0 Å². The molecule has 1 aromatic carbocycles. The van der Waals surface area contributed by atoms with Gasteiger partial charge in [-0.1, -0.05) is 31.5 Å². The van der Waals surface area contributed by atoms with Crippen molar-refractivity contribution in [2.45, 2.75) is 47.1 Å². The summed E-state index contributed by atoms with van der Waals surface area (Å²) in [6, 6.07) is 7.92. The monoisotopic (exact) mass is 389 g/mol. The molecule has 0 aliphatic carbocycles. The number of carbonyl (C=O) groups excluding carboxylic acids is 1. The number of amides is 1. The highest BCUT2D eigenvalue weighted by atomic mass is 32.1. The Kier molecular flexibility index (Phi) is 8.75. The molecule has 6 heteroatoms. The zero-order valence-electron chi connectivity index (χ0n) is 16.9. The van der Waals surface area contributed by atoms with E-state index < -0.39 is 0 Å². The topological polar surface area (TPSA) is 54.5 Å². The van der Waals surface area contributed by atoms with E-state index in [-0.39, 0.29) is 5.91 Å². The average molecular weight is 390 g/mol. The van der Waals surface area contributed by atoms with E-state index in [1.165, 1.54) is 16.9 Å². The first kappa shape index (κ1) is 21.4. The van der Waals surface area contributed by atoms with Crippen LogP contribution in [0.3, 0.4) is 0 Å². The second-order valence-electron chi connectivity index (χ2n) is 6.61. The lowest BCUT2D eigenvalue weighted by atomic mass is 10.2. The molecule has 1 aromatic heterocycles. The number of nitrogens with zero attached hydrogens (tertiary/aromatic N) is 2. The highest BCUT2D eigenvalue weighted by Crippen LogP contribution is 2.20. The summed E-state index contributed by atoms with van der Waals surface area (Å²) in [4.78, 5) is 20.0. The van der Waals surface area contributed by atoms with Crippen LogP contribution in [-0.2, 0) is 6.61 Å². The van der Waals surface area contributed by atoms with Gasteiger partial charge >= 0.3 is 0 Å². The predicted molar refractivity (Wildman–Crippen MR) is 112 cm³/mol. The molecule has 0 atom stereocenters. The van der Waals surface area contributed by atoms with Crippen molar-refractivity contribution in [3.63, 3.8) is 0 Å². The van der Waals surface area contributed by atoms with Gasteiger partial charge in [-0.25, -0.2) is 4.98 Å². The number of aryl methyl sites for hydroxylation is 2. The van der Waals surface area contributed by atoms with Gasteiger partial charge in [-0.3, -0.25) is 4.79 Å². The minimum atomic E-state index is -0.0329. The van der Waals surface area contributed by atoms with Crippen LogP contribution in [0.15, 0.2) is 24.3 Å². The Morgan fingerprint density at radius 3 is 2.52 bits per heavy atom. The third kappa shape index (κ3) is 6.96. The number of rotatable bonds is 11. The fourth-order valence-corrected chi connectivity index (χ4v) is 3.68. The third-order valence-corrected chi connectivity index (χ3v) is 5.64. The molecule has 0 radical (unpaired) electrons. The maximum absolute atomic E-state index is 12.4. The van der Waals surface area contributed by atoms with Crippen LogP contribution < -0.4 is 10.1 Å². The molecule has 27 heavy (non-hydrogen) atoms. The summed E-state index contributed by atoms with van der Waals surface area (Å²) < 4.78 is 5.76. The van der Waals surface area contributed by atoms with Crippen LogP contribution in [0.2, 0.25) is 0 Å². The number of aromatic nitrogens is 1. The van der Waals surface area contributed by atoms with E-state index >= 15 is 0 Å². The summed E-state index contributed by atoms with van der Waals surface area (Å²) in [5.74, 6) is 0.780. The Labute approximate surface area is 166 Å². The molecule has 0 saturated carbocycles. The Morgan fingerprint density at radius 2 is 1.85 bits per heavy atom. The first-order valence-corrected chi connectivity index (χ1v) is 10.5. The molecule has 1 amide bonds. The minimum absolute atomic E-state index is 0.0329. The van der Waals surface area contributed by atoms with Crippen molar-refractivity contribution in [3.05, 3.63) is 45.4 Å². The number of hydrogen-bond acceptors (Lipinski definition) is 5. The SMILES string of the molecule is CCN(CC)CCCCNC(=O)c1sc(COc2ccc(C)cc2)nc1C.